The van der Waals surface area contributed by atoms with E-state index in [0.717, 1.165) is 17.9 Å². The highest BCUT2D eigenvalue weighted by molar-refractivity contribution is 5.93. The summed E-state index contributed by atoms with van der Waals surface area (Å²) in [7, 11) is 0. The van der Waals surface area contributed by atoms with Crippen LogP contribution in [0.2, 0.25) is 0 Å². The third-order valence-electron chi connectivity index (χ3n) is 3.76. The molecule has 114 valence electrons. The number of rotatable bonds is 3. The molecule has 1 aliphatic heterocycles. The highest BCUT2D eigenvalue weighted by Gasteiger charge is 2.28. The van der Waals surface area contributed by atoms with Gasteiger partial charge in [-0.1, -0.05) is 18.2 Å². The van der Waals surface area contributed by atoms with Gasteiger partial charge in [-0.3, -0.25) is 4.79 Å². The van der Waals surface area contributed by atoms with E-state index in [-0.39, 0.29) is 11.9 Å². The highest BCUT2D eigenvalue weighted by Crippen LogP contribution is 2.36. The van der Waals surface area contributed by atoms with Crippen molar-refractivity contribution < 1.29 is 4.79 Å². The Balaban J connectivity index is 1.94. The number of carbonyl (C=O) groups excluding carboxylic acids is 1. The topological polar surface area (TPSA) is 58.1 Å². The second kappa shape index (κ2) is 5.75. The molecule has 1 N–H and O–H groups in total. The van der Waals surface area contributed by atoms with Crippen molar-refractivity contribution in [3.8, 4) is 0 Å². The predicted octanol–water partition coefficient (Wildman–Crippen LogP) is 2.70. The Kier molecular flexibility index (Phi) is 3.79. The van der Waals surface area contributed by atoms with E-state index < -0.39 is 0 Å². The molecule has 1 amide bonds. The highest BCUT2D eigenvalue weighted by atomic mass is 16.1. The molecule has 5 heteroatoms. The smallest absolute Gasteiger partial charge is 0.270 e. The Morgan fingerprint density at radius 2 is 2.09 bits per heavy atom. The van der Waals surface area contributed by atoms with Crippen molar-refractivity contribution in [2.45, 2.75) is 39.3 Å². The van der Waals surface area contributed by atoms with Crippen LogP contribution in [-0.2, 0) is 6.42 Å². The minimum Gasteiger partial charge on any atom is -0.349 e. The van der Waals surface area contributed by atoms with Crippen LogP contribution in [0.3, 0.4) is 0 Å². The third kappa shape index (κ3) is 2.66. The molecule has 0 saturated carbocycles. The quantitative estimate of drug-likeness (QED) is 0.946. The Morgan fingerprint density at radius 1 is 1.32 bits per heavy atom. The van der Waals surface area contributed by atoms with Crippen LogP contribution in [0.25, 0.3) is 0 Å². The number of fused-ring (bicyclic) bond motifs is 1. The first-order chi connectivity index (χ1) is 10.6. The van der Waals surface area contributed by atoms with E-state index in [1.54, 1.807) is 6.07 Å². The largest absolute Gasteiger partial charge is 0.349 e. The maximum Gasteiger partial charge on any atom is 0.270 e. The molecule has 1 atom stereocenters. The van der Waals surface area contributed by atoms with Crippen molar-refractivity contribution in [2.75, 3.05) is 4.90 Å². The van der Waals surface area contributed by atoms with Crippen LogP contribution < -0.4 is 10.2 Å². The Hall–Kier alpha value is -2.43. The zero-order valence-electron chi connectivity index (χ0n) is 13.1. The lowest BCUT2D eigenvalue weighted by molar-refractivity contribution is 0.0938. The first kappa shape index (κ1) is 14.5. The molecule has 0 saturated heterocycles. The van der Waals surface area contributed by atoms with Crippen molar-refractivity contribution in [1.82, 2.24) is 15.3 Å². The van der Waals surface area contributed by atoms with Crippen molar-refractivity contribution in [3.63, 3.8) is 0 Å². The number of amides is 1. The molecular formula is C17H20N4O. The van der Waals surface area contributed by atoms with Crippen molar-refractivity contribution >= 4 is 17.4 Å². The number of hydrogen-bond acceptors (Lipinski definition) is 4. The van der Waals surface area contributed by atoms with Crippen molar-refractivity contribution in [1.29, 1.82) is 0 Å². The van der Waals surface area contributed by atoms with Crippen LogP contribution in [0.15, 0.2) is 36.7 Å². The fourth-order valence-corrected chi connectivity index (χ4v) is 2.85. The molecule has 2 aromatic rings. The van der Waals surface area contributed by atoms with Crippen LogP contribution in [-0.4, -0.2) is 28.0 Å². The molecule has 1 aromatic carbocycles. The molecule has 22 heavy (non-hydrogen) atoms. The number of hydrogen-bond donors (Lipinski definition) is 1. The van der Waals surface area contributed by atoms with E-state index >= 15 is 0 Å². The van der Waals surface area contributed by atoms with Gasteiger partial charge in [0, 0.05) is 23.8 Å². The molecule has 0 spiro atoms. The zero-order chi connectivity index (χ0) is 15.7. The summed E-state index contributed by atoms with van der Waals surface area (Å²) >= 11 is 0. The van der Waals surface area contributed by atoms with E-state index in [0.29, 0.717) is 11.7 Å². The molecule has 2 heterocycles. The van der Waals surface area contributed by atoms with Gasteiger partial charge in [0.1, 0.15) is 17.8 Å². The maximum absolute atomic E-state index is 12.1. The summed E-state index contributed by atoms with van der Waals surface area (Å²) in [6.45, 7) is 6.02. The third-order valence-corrected chi connectivity index (χ3v) is 3.76. The Bertz CT molecular complexity index is 699. The predicted molar refractivity (Wildman–Crippen MR) is 86.4 cm³/mol. The molecule has 5 nitrogen and oxygen atoms in total. The molecule has 0 fully saturated rings. The first-order valence-electron chi connectivity index (χ1n) is 7.56. The fraction of sp³-hybridized carbons (Fsp3) is 0.353. The van der Waals surface area contributed by atoms with Crippen molar-refractivity contribution in [3.05, 3.63) is 47.9 Å². The lowest BCUT2D eigenvalue weighted by Crippen LogP contribution is -2.31. The molecule has 1 unspecified atom stereocenters. The van der Waals surface area contributed by atoms with E-state index in [1.165, 1.54) is 11.9 Å². The van der Waals surface area contributed by atoms with E-state index in [1.807, 2.05) is 19.9 Å². The maximum atomic E-state index is 12.1. The first-order valence-corrected chi connectivity index (χ1v) is 7.56. The van der Waals surface area contributed by atoms with Gasteiger partial charge in [0.05, 0.1) is 0 Å². The van der Waals surface area contributed by atoms with Crippen LogP contribution in [0, 0.1) is 0 Å². The van der Waals surface area contributed by atoms with Crippen LogP contribution >= 0.6 is 0 Å². The summed E-state index contributed by atoms with van der Waals surface area (Å²) in [5.74, 6) is 0.597. The number of carbonyl (C=O) groups is 1. The van der Waals surface area contributed by atoms with E-state index in [9.17, 15) is 4.79 Å². The second-order valence-electron chi connectivity index (χ2n) is 5.94. The van der Waals surface area contributed by atoms with Gasteiger partial charge >= 0.3 is 0 Å². The zero-order valence-corrected chi connectivity index (χ0v) is 13.1. The van der Waals surface area contributed by atoms with Gasteiger partial charge in [0.15, 0.2) is 0 Å². The van der Waals surface area contributed by atoms with Gasteiger partial charge in [0.2, 0.25) is 0 Å². The van der Waals surface area contributed by atoms with Crippen LogP contribution in [0.1, 0.15) is 36.8 Å². The summed E-state index contributed by atoms with van der Waals surface area (Å²) < 4.78 is 0. The number of aromatic nitrogens is 2. The number of nitrogens with one attached hydrogen (secondary N) is 1. The molecule has 0 aliphatic carbocycles. The number of anilines is 2. The van der Waals surface area contributed by atoms with Crippen LogP contribution in [0.5, 0.6) is 0 Å². The summed E-state index contributed by atoms with van der Waals surface area (Å²) in [6, 6.07) is 10.5. The van der Waals surface area contributed by atoms with Gasteiger partial charge in [0.25, 0.3) is 5.91 Å². The van der Waals surface area contributed by atoms with Gasteiger partial charge in [-0.25, -0.2) is 9.97 Å². The molecule has 0 bridgehead atoms. The summed E-state index contributed by atoms with van der Waals surface area (Å²) in [6.07, 6.45) is 2.44. The normalized spacial score (nSPS) is 16.7. The minimum atomic E-state index is -0.168. The van der Waals surface area contributed by atoms with Gasteiger partial charge in [-0.05, 0) is 38.8 Å². The second-order valence-corrected chi connectivity index (χ2v) is 5.94. The van der Waals surface area contributed by atoms with Gasteiger partial charge in [-0.2, -0.15) is 0 Å². The summed E-state index contributed by atoms with van der Waals surface area (Å²) in [5.41, 5.74) is 2.86. The number of benzene rings is 1. The minimum absolute atomic E-state index is 0.0809. The molecule has 0 radical (unpaired) electrons. The SMILES string of the molecule is CC(C)NC(=O)c1cc(N2c3ccccc3CC2C)ncn1. The molecule has 1 aliphatic rings. The molecule has 3 rings (SSSR count). The fourth-order valence-electron chi connectivity index (χ4n) is 2.85. The Morgan fingerprint density at radius 3 is 2.86 bits per heavy atom. The standard InChI is InChI=1S/C17H20N4O/c1-11(2)20-17(22)14-9-16(19-10-18-14)21-12(3)8-13-6-4-5-7-15(13)21/h4-7,9-12H,8H2,1-3H3,(H,20,22). The molecule has 1 aromatic heterocycles. The summed E-state index contributed by atoms with van der Waals surface area (Å²) in [5, 5.41) is 2.86. The van der Waals surface area contributed by atoms with Gasteiger partial charge in [-0.15, -0.1) is 0 Å². The summed E-state index contributed by atoms with van der Waals surface area (Å²) in [4.78, 5) is 22.8. The average Bonchev–Trinajstić information content (AvgIpc) is 2.82. The lowest BCUT2D eigenvalue weighted by Gasteiger charge is -2.24. The number of nitrogens with zero attached hydrogens (tertiary/aromatic N) is 3. The monoisotopic (exact) mass is 296 g/mol. The Labute approximate surface area is 130 Å². The van der Waals surface area contributed by atoms with E-state index in [4.69, 9.17) is 0 Å². The molecular weight excluding hydrogens is 276 g/mol. The van der Waals surface area contributed by atoms with Gasteiger partial charge < -0.3 is 10.2 Å². The van der Waals surface area contributed by atoms with Crippen LogP contribution in [0.4, 0.5) is 11.5 Å². The lowest BCUT2D eigenvalue weighted by atomic mass is 10.1. The average molecular weight is 296 g/mol. The van der Waals surface area contributed by atoms with E-state index in [2.05, 4.69) is 45.3 Å². The van der Waals surface area contributed by atoms with Crippen molar-refractivity contribution in [2.24, 2.45) is 0 Å². The number of para-hydroxylation sites is 1.